The van der Waals surface area contributed by atoms with Gasteiger partial charge in [0.05, 0.1) is 18.9 Å². The summed E-state index contributed by atoms with van der Waals surface area (Å²) < 4.78 is 5.91. The normalized spacial score (nSPS) is 21.6. The van der Waals surface area contributed by atoms with Crippen molar-refractivity contribution < 1.29 is 14.6 Å². The molecule has 1 aliphatic carbocycles. The average Bonchev–Trinajstić information content (AvgIpc) is 2.84. The SMILES string of the molecule is COc1ccc(Br)c(NC(=O)NC[C@@H]2CCC[C@@H]2O)c1. The summed E-state index contributed by atoms with van der Waals surface area (Å²) in [6.45, 7) is 0.495. The quantitative estimate of drug-likeness (QED) is 0.787. The number of hydrogen-bond donors (Lipinski definition) is 3. The lowest BCUT2D eigenvalue weighted by atomic mass is 10.1. The zero-order chi connectivity index (χ0) is 14.5. The fraction of sp³-hybridized carbons (Fsp3) is 0.500. The number of halogens is 1. The summed E-state index contributed by atoms with van der Waals surface area (Å²) in [6, 6.07) is 5.09. The number of carbonyl (C=O) groups is 1. The molecule has 0 saturated heterocycles. The van der Waals surface area contributed by atoms with Crippen LogP contribution in [-0.4, -0.2) is 30.9 Å². The Morgan fingerprint density at radius 1 is 1.50 bits per heavy atom. The highest BCUT2D eigenvalue weighted by molar-refractivity contribution is 9.10. The van der Waals surface area contributed by atoms with Crippen molar-refractivity contribution in [1.82, 2.24) is 5.32 Å². The largest absolute Gasteiger partial charge is 0.497 e. The molecule has 110 valence electrons. The number of carbonyl (C=O) groups excluding carboxylic acids is 1. The fourth-order valence-corrected chi connectivity index (χ4v) is 2.72. The zero-order valence-electron chi connectivity index (χ0n) is 11.4. The maximum Gasteiger partial charge on any atom is 0.319 e. The standard InChI is InChI=1S/C14H19BrN2O3/c1-20-10-5-6-11(15)12(7-10)17-14(19)16-8-9-3-2-4-13(9)18/h5-7,9,13,18H,2-4,8H2,1H3,(H2,16,17,19)/t9-,13-/m0/s1. The van der Waals surface area contributed by atoms with Gasteiger partial charge in [-0.3, -0.25) is 0 Å². The second-order valence-corrected chi connectivity index (χ2v) is 5.79. The van der Waals surface area contributed by atoms with Gasteiger partial charge in [-0.1, -0.05) is 6.42 Å². The van der Waals surface area contributed by atoms with Crippen LogP contribution in [0.5, 0.6) is 5.75 Å². The van der Waals surface area contributed by atoms with Crippen LogP contribution in [0.3, 0.4) is 0 Å². The highest BCUT2D eigenvalue weighted by atomic mass is 79.9. The van der Waals surface area contributed by atoms with Crippen molar-refractivity contribution in [1.29, 1.82) is 0 Å². The third-order valence-corrected chi connectivity index (χ3v) is 4.26. The molecule has 0 aromatic heterocycles. The molecule has 2 atom stereocenters. The van der Waals surface area contributed by atoms with E-state index in [2.05, 4.69) is 26.6 Å². The van der Waals surface area contributed by atoms with E-state index in [9.17, 15) is 9.90 Å². The van der Waals surface area contributed by atoms with Crippen LogP contribution in [0.25, 0.3) is 0 Å². The molecule has 0 aliphatic heterocycles. The number of methoxy groups -OCH3 is 1. The lowest BCUT2D eigenvalue weighted by Crippen LogP contribution is -2.35. The van der Waals surface area contributed by atoms with E-state index in [1.165, 1.54) is 0 Å². The zero-order valence-corrected chi connectivity index (χ0v) is 12.9. The van der Waals surface area contributed by atoms with Crippen LogP contribution in [-0.2, 0) is 0 Å². The molecular formula is C14H19BrN2O3. The third-order valence-electron chi connectivity index (χ3n) is 3.57. The highest BCUT2D eigenvalue weighted by Crippen LogP contribution is 2.27. The minimum atomic E-state index is -0.293. The molecule has 1 aromatic rings. The summed E-state index contributed by atoms with van der Waals surface area (Å²) in [4.78, 5) is 11.9. The third kappa shape index (κ3) is 3.86. The van der Waals surface area contributed by atoms with Gasteiger partial charge in [-0.2, -0.15) is 0 Å². The van der Waals surface area contributed by atoms with E-state index >= 15 is 0 Å². The second kappa shape index (κ2) is 6.95. The van der Waals surface area contributed by atoms with Crippen molar-refractivity contribution in [2.24, 2.45) is 5.92 Å². The van der Waals surface area contributed by atoms with Crippen molar-refractivity contribution in [3.05, 3.63) is 22.7 Å². The number of aliphatic hydroxyl groups is 1. The van der Waals surface area contributed by atoms with Crippen molar-refractivity contribution in [3.63, 3.8) is 0 Å². The molecule has 0 radical (unpaired) electrons. The van der Waals surface area contributed by atoms with Crippen molar-refractivity contribution in [2.75, 3.05) is 19.0 Å². The van der Waals surface area contributed by atoms with Gasteiger partial charge in [0, 0.05) is 23.0 Å². The van der Waals surface area contributed by atoms with Crippen molar-refractivity contribution in [3.8, 4) is 5.75 Å². The smallest absolute Gasteiger partial charge is 0.319 e. The molecule has 5 nitrogen and oxygen atoms in total. The van der Waals surface area contributed by atoms with Crippen molar-refractivity contribution >= 4 is 27.6 Å². The number of anilines is 1. The maximum atomic E-state index is 11.9. The summed E-state index contributed by atoms with van der Waals surface area (Å²) in [7, 11) is 1.58. The highest BCUT2D eigenvalue weighted by Gasteiger charge is 2.25. The van der Waals surface area contributed by atoms with Gasteiger partial charge in [0.2, 0.25) is 0 Å². The number of ether oxygens (including phenoxy) is 1. The number of hydrogen-bond acceptors (Lipinski definition) is 3. The minimum Gasteiger partial charge on any atom is -0.497 e. The molecule has 1 saturated carbocycles. The first kappa shape index (κ1) is 15.1. The Morgan fingerprint density at radius 3 is 2.95 bits per heavy atom. The van der Waals surface area contributed by atoms with Crippen molar-refractivity contribution in [2.45, 2.75) is 25.4 Å². The molecule has 1 aromatic carbocycles. The molecule has 0 spiro atoms. The van der Waals surface area contributed by atoms with E-state index in [0.29, 0.717) is 18.0 Å². The van der Waals surface area contributed by atoms with Crippen LogP contribution in [0.2, 0.25) is 0 Å². The number of benzene rings is 1. The van der Waals surface area contributed by atoms with Gasteiger partial charge in [-0.15, -0.1) is 0 Å². The Bertz CT molecular complexity index is 481. The number of amides is 2. The van der Waals surface area contributed by atoms with Crippen LogP contribution in [0.4, 0.5) is 10.5 Å². The molecule has 0 bridgehead atoms. The second-order valence-electron chi connectivity index (χ2n) is 4.94. The Morgan fingerprint density at radius 2 is 2.30 bits per heavy atom. The van der Waals surface area contributed by atoms with E-state index in [0.717, 1.165) is 23.7 Å². The molecule has 6 heteroatoms. The maximum absolute atomic E-state index is 11.9. The molecule has 0 heterocycles. The Labute approximate surface area is 126 Å². The Balaban J connectivity index is 1.87. The van der Waals surface area contributed by atoms with Crippen LogP contribution < -0.4 is 15.4 Å². The molecule has 2 rings (SSSR count). The summed E-state index contributed by atoms with van der Waals surface area (Å²) in [5.41, 5.74) is 0.647. The lowest BCUT2D eigenvalue weighted by Gasteiger charge is -2.16. The molecular weight excluding hydrogens is 324 g/mol. The minimum absolute atomic E-state index is 0.162. The molecule has 2 amide bonds. The lowest BCUT2D eigenvalue weighted by molar-refractivity contribution is 0.133. The van der Waals surface area contributed by atoms with Gasteiger partial charge in [-0.25, -0.2) is 4.79 Å². The van der Waals surface area contributed by atoms with Gasteiger partial charge >= 0.3 is 6.03 Å². The Hall–Kier alpha value is -1.27. The van der Waals surface area contributed by atoms with Gasteiger partial charge in [0.15, 0.2) is 0 Å². The predicted molar refractivity (Wildman–Crippen MR) is 81.1 cm³/mol. The molecule has 1 aliphatic rings. The van der Waals surface area contributed by atoms with Gasteiger partial charge in [-0.05, 0) is 40.9 Å². The van der Waals surface area contributed by atoms with E-state index < -0.39 is 0 Å². The summed E-state index contributed by atoms with van der Waals surface area (Å²) in [6.07, 6.45) is 2.52. The van der Waals surface area contributed by atoms with Gasteiger partial charge in [0.1, 0.15) is 5.75 Å². The van der Waals surface area contributed by atoms with Gasteiger partial charge in [0.25, 0.3) is 0 Å². The van der Waals surface area contributed by atoms with Crippen LogP contribution in [0.1, 0.15) is 19.3 Å². The van der Waals surface area contributed by atoms with E-state index in [4.69, 9.17) is 4.74 Å². The number of urea groups is 1. The average molecular weight is 343 g/mol. The molecule has 20 heavy (non-hydrogen) atoms. The summed E-state index contributed by atoms with van der Waals surface area (Å²) >= 11 is 3.38. The van der Waals surface area contributed by atoms with E-state index in [1.54, 1.807) is 13.2 Å². The van der Waals surface area contributed by atoms with E-state index in [-0.39, 0.29) is 18.1 Å². The molecule has 1 fully saturated rings. The molecule has 0 unspecified atom stereocenters. The first-order valence-electron chi connectivity index (χ1n) is 6.66. The van der Waals surface area contributed by atoms with Crippen LogP contribution in [0.15, 0.2) is 22.7 Å². The first-order valence-corrected chi connectivity index (χ1v) is 7.46. The van der Waals surface area contributed by atoms with Crippen LogP contribution >= 0.6 is 15.9 Å². The summed E-state index contributed by atoms with van der Waals surface area (Å²) in [5.74, 6) is 0.837. The predicted octanol–water partition coefficient (Wildman–Crippen LogP) is 2.74. The summed E-state index contributed by atoms with van der Waals surface area (Å²) in [5, 5.41) is 15.3. The molecule has 3 N–H and O–H groups in total. The number of nitrogens with one attached hydrogen (secondary N) is 2. The van der Waals surface area contributed by atoms with Crippen LogP contribution in [0, 0.1) is 5.92 Å². The topological polar surface area (TPSA) is 70.6 Å². The Kier molecular flexibility index (Phi) is 5.25. The number of rotatable bonds is 4. The fourth-order valence-electron chi connectivity index (χ4n) is 2.37. The first-order chi connectivity index (χ1) is 9.60. The van der Waals surface area contributed by atoms with E-state index in [1.807, 2.05) is 12.1 Å². The monoisotopic (exact) mass is 342 g/mol. The number of aliphatic hydroxyl groups excluding tert-OH is 1. The van der Waals surface area contributed by atoms with Gasteiger partial charge < -0.3 is 20.5 Å².